The number of fused-ring (bicyclic) bond motifs is 1. The lowest BCUT2D eigenvalue weighted by Crippen LogP contribution is -2.52. The third-order valence-electron chi connectivity index (χ3n) is 5.18. The molecule has 2 aliphatic rings. The minimum atomic E-state index is -0.653. The molecule has 2 N–H and O–H groups in total. The lowest BCUT2D eigenvalue weighted by Gasteiger charge is -2.29. The lowest BCUT2D eigenvalue weighted by atomic mass is 10.0. The standard InChI is InChI=1S/C20H20N4O5S/c1-2-14-15(10-30-23-14)21-20(28)29-9-11-3-4-12-8-24(19(27)13(12)7-11)16-5-6-17(25)22-18(16)26/h3-4,7,10,16H,2,5-6,8-9H2,1H3,(H,21,28)(H,22,25,26). The van der Waals surface area contributed by atoms with Gasteiger partial charge in [0.05, 0.1) is 11.4 Å². The first-order valence-electron chi connectivity index (χ1n) is 9.59. The molecule has 0 saturated carbocycles. The molecule has 1 aromatic carbocycles. The summed E-state index contributed by atoms with van der Waals surface area (Å²) >= 11 is 1.26. The van der Waals surface area contributed by atoms with E-state index in [-0.39, 0.29) is 24.8 Å². The van der Waals surface area contributed by atoms with Gasteiger partial charge in [0.15, 0.2) is 0 Å². The average molecular weight is 428 g/mol. The monoisotopic (exact) mass is 428 g/mol. The first-order chi connectivity index (χ1) is 14.5. The van der Waals surface area contributed by atoms with Crippen LogP contribution in [0, 0.1) is 0 Å². The van der Waals surface area contributed by atoms with Crippen molar-refractivity contribution in [3.63, 3.8) is 0 Å². The minimum absolute atomic E-state index is 0.00380. The number of imide groups is 1. The number of piperidine rings is 1. The predicted octanol–water partition coefficient (Wildman–Crippen LogP) is 2.22. The molecule has 1 saturated heterocycles. The second-order valence-corrected chi connectivity index (χ2v) is 7.75. The van der Waals surface area contributed by atoms with Crippen molar-refractivity contribution in [1.82, 2.24) is 14.6 Å². The molecule has 0 bridgehead atoms. The Kier molecular flexibility index (Phi) is 5.49. The third kappa shape index (κ3) is 3.90. The van der Waals surface area contributed by atoms with E-state index in [4.69, 9.17) is 4.74 Å². The molecule has 1 unspecified atom stereocenters. The van der Waals surface area contributed by atoms with Crippen LogP contribution < -0.4 is 10.6 Å². The quantitative estimate of drug-likeness (QED) is 0.705. The van der Waals surface area contributed by atoms with Crippen LogP contribution in [-0.2, 0) is 33.9 Å². The molecule has 1 atom stereocenters. The van der Waals surface area contributed by atoms with Crippen LogP contribution in [0.15, 0.2) is 23.6 Å². The van der Waals surface area contributed by atoms with Gasteiger partial charge in [-0.3, -0.25) is 25.0 Å². The second kappa shape index (κ2) is 8.23. The van der Waals surface area contributed by atoms with Crippen LogP contribution in [0.4, 0.5) is 10.5 Å². The highest BCUT2D eigenvalue weighted by atomic mass is 32.1. The van der Waals surface area contributed by atoms with Gasteiger partial charge in [0.2, 0.25) is 11.8 Å². The zero-order chi connectivity index (χ0) is 21.3. The maximum Gasteiger partial charge on any atom is 0.412 e. The highest BCUT2D eigenvalue weighted by Gasteiger charge is 2.39. The van der Waals surface area contributed by atoms with Gasteiger partial charge in [-0.15, -0.1) is 0 Å². The van der Waals surface area contributed by atoms with E-state index < -0.39 is 18.0 Å². The number of anilines is 1. The highest BCUT2D eigenvalue weighted by Crippen LogP contribution is 2.28. The molecule has 9 nitrogen and oxygen atoms in total. The van der Waals surface area contributed by atoms with Crippen LogP contribution >= 0.6 is 11.5 Å². The predicted molar refractivity (Wildman–Crippen MR) is 108 cm³/mol. The molecule has 10 heteroatoms. The summed E-state index contributed by atoms with van der Waals surface area (Å²) < 4.78 is 9.46. The molecule has 30 heavy (non-hydrogen) atoms. The van der Waals surface area contributed by atoms with E-state index in [0.29, 0.717) is 36.2 Å². The first kappa shape index (κ1) is 20.0. The average Bonchev–Trinajstić information content (AvgIpc) is 3.30. The van der Waals surface area contributed by atoms with Crippen molar-refractivity contribution < 1.29 is 23.9 Å². The van der Waals surface area contributed by atoms with E-state index in [1.807, 2.05) is 6.92 Å². The van der Waals surface area contributed by atoms with Gasteiger partial charge in [-0.1, -0.05) is 19.1 Å². The number of carbonyl (C=O) groups excluding carboxylic acids is 4. The summed E-state index contributed by atoms with van der Waals surface area (Å²) in [6, 6.07) is 4.62. The van der Waals surface area contributed by atoms with Gasteiger partial charge in [-0.05, 0) is 41.6 Å². The Labute approximate surface area is 176 Å². The Morgan fingerprint density at radius 3 is 2.97 bits per heavy atom. The Balaban J connectivity index is 1.39. The molecule has 4 rings (SSSR count). The summed E-state index contributed by atoms with van der Waals surface area (Å²) in [6.07, 6.45) is 0.638. The maximum atomic E-state index is 12.8. The van der Waals surface area contributed by atoms with Crippen LogP contribution in [0.1, 0.15) is 46.9 Å². The summed E-state index contributed by atoms with van der Waals surface area (Å²) in [5.41, 5.74) is 3.39. The third-order valence-corrected chi connectivity index (χ3v) is 5.85. The molecule has 156 valence electrons. The number of nitrogens with zero attached hydrogens (tertiary/aromatic N) is 2. The van der Waals surface area contributed by atoms with Crippen molar-refractivity contribution in [2.75, 3.05) is 5.32 Å². The molecular formula is C20H20N4O5S. The highest BCUT2D eigenvalue weighted by molar-refractivity contribution is 7.04. The van der Waals surface area contributed by atoms with Crippen molar-refractivity contribution in [2.45, 2.75) is 45.4 Å². The first-order valence-corrected chi connectivity index (χ1v) is 10.4. The van der Waals surface area contributed by atoms with E-state index in [1.165, 1.54) is 16.4 Å². The number of hydrogen-bond donors (Lipinski definition) is 2. The molecule has 1 aromatic heterocycles. The molecule has 0 radical (unpaired) electrons. The smallest absolute Gasteiger partial charge is 0.412 e. The van der Waals surface area contributed by atoms with Crippen molar-refractivity contribution in [3.8, 4) is 0 Å². The van der Waals surface area contributed by atoms with Crippen LogP contribution in [-0.4, -0.2) is 39.1 Å². The Hall–Kier alpha value is -3.27. The van der Waals surface area contributed by atoms with Crippen LogP contribution in [0.2, 0.25) is 0 Å². The molecule has 1 fully saturated rings. The van der Waals surface area contributed by atoms with Crippen LogP contribution in [0.3, 0.4) is 0 Å². The molecule has 2 aromatic rings. The van der Waals surface area contributed by atoms with Gasteiger partial charge < -0.3 is 9.64 Å². The number of aromatic nitrogens is 1. The van der Waals surface area contributed by atoms with E-state index in [1.54, 1.807) is 23.6 Å². The van der Waals surface area contributed by atoms with Gasteiger partial charge in [0, 0.05) is 23.9 Å². The number of nitrogens with one attached hydrogen (secondary N) is 2. The Morgan fingerprint density at radius 2 is 2.20 bits per heavy atom. The lowest BCUT2D eigenvalue weighted by molar-refractivity contribution is -0.136. The Morgan fingerprint density at radius 1 is 1.37 bits per heavy atom. The van der Waals surface area contributed by atoms with E-state index >= 15 is 0 Å². The SMILES string of the molecule is CCc1nscc1NC(=O)OCc1ccc2c(c1)C(=O)N(C1CCC(=O)NC1=O)C2. The fourth-order valence-electron chi connectivity index (χ4n) is 3.60. The number of rotatable bonds is 5. The summed E-state index contributed by atoms with van der Waals surface area (Å²) in [7, 11) is 0. The second-order valence-electron chi connectivity index (χ2n) is 7.12. The fourth-order valence-corrected chi connectivity index (χ4v) is 4.31. The number of ether oxygens (including phenoxy) is 1. The van der Waals surface area contributed by atoms with Gasteiger partial charge in [-0.2, -0.15) is 4.37 Å². The topological polar surface area (TPSA) is 118 Å². The summed E-state index contributed by atoms with van der Waals surface area (Å²) in [6.45, 7) is 2.27. The summed E-state index contributed by atoms with van der Waals surface area (Å²) in [5.74, 6) is -1.02. The molecule has 0 spiro atoms. The van der Waals surface area contributed by atoms with Gasteiger partial charge in [0.25, 0.3) is 5.91 Å². The zero-order valence-corrected chi connectivity index (χ0v) is 17.1. The van der Waals surface area contributed by atoms with Crippen molar-refractivity contribution in [3.05, 3.63) is 46.0 Å². The van der Waals surface area contributed by atoms with Crippen molar-refractivity contribution in [2.24, 2.45) is 0 Å². The van der Waals surface area contributed by atoms with E-state index in [9.17, 15) is 19.2 Å². The summed E-state index contributed by atoms with van der Waals surface area (Å²) in [5, 5.41) is 6.70. The molecular weight excluding hydrogens is 408 g/mol. The van der Waals surface area contributed by atoms with Gasteiger partial charge in [-0.25, -0.2) is 4.79 Å². The largest absolute Gasteiger partial charge is 0.444 e. The zero-order valence-electron chi connectivity index (χ0n) is 16.3. The van der Waals surface area contributed by atoms with E-state index in [0.717, 1.165) is 11.3 Å². The molecule has 3 heterocycles. The number of carbonyl (C=O) groups is 4. The minimum Gasteiger partial charge on any atom is -0.444 e. The molecule has 2 aliphatic heterocycles. The number of hydrogen-bond acceptors (Lipinski definition) is 7. The van der Waals surface area contributed by atoms with Crippen LogP contribution in [0.25, 0.3) is 0 Å². The number of aryl methyl sites for hydroxylation is 1. The number of benzene rings is 1. The van der Waals surface area contributed by atoms with Gasteiger partial charge >= 0.3 is 6.09 Å². The molecule has 4 amide bonds. The van der Waals surface area contributed by atoms with Crippen molar-refractivity contribution >= 4 is 41.0 Å². The summed E-state index contributed by atoms with van der Waals surface area (Å²) in [4.78, 5) is 49.9. The van der Waals surface area contributed by atoms with Crippen LogP contribution in [0.5, 0.6) is 0 Å². The van der Waals surface area contributed by atoms with Crippen molar-refractivity contribution in [1.29, 1.82) is 0 Å². The van der Waals surface area contributed by atoms with E-state index in [2.05, 4.69) is 15.0 Å². The Bertz CT molecular complexity index is 1030. The maximum absolute atomic E-state index is 12.8. The normalized spacial score (nSPS) is 18.2. The number of amides is 4. The fraction of sp³-hybridized carbons (Fsp3) is 0.350. The molecule has 0 aliphatic carbocycles. The van der Waals surface area contributed by atoms with Gasteiger partial charge in [0.1, 0.15) is 12.6 Å².